The molecule has 1 N–H and O–H groups in total. The average Bonchev–Trinajstić information content (AvgIpc) is 3.03. The van der Waals surface area contributed by atoms with Crippen LogP contribution in [0.1, 0.15) is 23.1 Å². The van der Waals surface area contributed by atoms with Gasteiger partial charge in [0.25, 0.3) is 5.91 Å². The molecule has 0 saturated carbocycles. The molecule has 1 aliphatic heterocycles. The fraction of sp³-hybridized carbons (Fsp3) is 0.143. The molecule has 4 heteroatoms. The van der Waals surface area contributed by atoms with Crippen molar-refractivity contribution in [3.05, 3.63) is 120 Å². The minimum absolute atomic E-state index is 0.291. The standard InChI is InChI=1S/C28H25NO3/c30-24(16-8-7-15-22-11-3-1-4-12-22)21-28(32)25-17-9-10-18-26(25)29(27(28)31)20-19-23-13-5-2-6-14-23/h1-18,32H,19-21H2. The van der Waals surface area contributed by atoms with Gasteiger partial charge in [-0.1, -0.05) is 97.1 Å². The van der Waals surface area contributed by atoms with Crippen molar-refractivity contribution >= 4 is 23.5 Å². The summed E-state index contributed by atoms with van der Waals surface area (Å²) in [6, 6.07) is 26.8. The zero-order valence-corrected chi connectivity index (χ0v) is 17.7. The molecule has 32 heavy (non-hydrogen) atoms. The van der Waals surface area contributed by atoms with Gasteiger partial charge in [0.05, 0.1) is 12.1 Å². The van der Waals surface area contributed by atoms with Crippen LogP contribution < -0.4 is 4.90 Å². The minimum atomic E-state index is -1.85. The van der Waals surface area contributed by atoms with Crippen LogP contribution in [0.4, 0.5) is 5.69 Å². The number of ketones is 1. The fourth-order valence-electron chi connectivity index (χ4n) is 3.99. The van der Waals surface area contributed by atoms with Gasteiger partial charge in [0.2, 0.25) is 0 Å². The highest BCUT2D eigenvalue weighted by Crippen LogP contribution is 2.42. The Morgan fingerprint density at radius 3 is 2.28 bits per heavy atom. The van der Waals surface area contributed by atoms with Crippen molar-refractivity contribution in [2.45, 2.75) is 18.4 Å². The van der Waals surface area contributed by atoms with Crippen LogP contribution in [0.25, 0.3) is 6.08 Å². The molecule has 1 atom stereocenters. The number of benzene rings is 3. The van der Waals surface area contributed by atoms with Gasteiger partial charge in [-0.3, -0.25) is 9.59 Å². The molecule has 0 aliphatic carbocycles. The Morgan fingerprint density at radius 2 is 1.53 bits per heavy atom. The van der Waals surface area contributed by atoms with E-state index in [0.29, 0.717) is 24.2 Å². The van der Waals surface area contributed by atoms with Crippen molar-refractivity contribution in [3.63, 3.8) is 0 Å². The first kappa shape index (κ1) is 21.5. The van der Waals surface area contributed by atoms with Gasteiger partial charge >= 0.3 is 0 Å². The molecule has 160 valence electrons. The Balaban J connectivity index is 1.47. The Hall–Kier alpha value is -3.76. The summed E-state index contributed by atoms with van der Waals surface area (Å²) in [6.45, 7) is 0.437. The first-order valence-corrected chi connectivity index (χ1v) is 10.7. The van der Waals surface area contributed by atoms with Gasteiger partial charge in [-0.05, 0) is 29.7 Å². The lowest BCUT2D eigenvalue weighted by atomic mass is 9.90. The molecule has 1 heterocycles. The summed E-state index contributed by atoms with van der Waals surface area (Å²) in [7, 11) is 0. The highest BCUT2D eigenvalue weighted by atomic mass is 16.3. The van der Waals surface area contributed by atoms with Gasteiger partial charge in [-0.2, -0.15) is 0 Å². The number of hydrogen-bond donors (Lipinski definition) is 1. The number of anilines is 1. The van der Waals surface area contributed by atoms with Gasteiger partial charge in [0.15, 0.2) is 11.4 Å². The molecule has 0 saturated heterocycles. The predicted molar refractivity (Wildman–Crippen MR) is 127 cm³/mol. The molecule has 3 aromatic rings. The second kappa shape index (κ2) is 9.58. The molecule has 1 unspecified atom stereocenters. The number of amides is 1. The maximum Gasteiger partial charge on any atom is 0.264 e. The van der Waals surface area contributed by atoms with Crippen LogP contribution in [0.3, 0.4) is 0 Å². The highest BCUT2D eigenvalue weighted by molar-refractivity contribution is 6.09. The third-order valence-electron chi connectivity index (χ3n) is 5.62. The van der Waals surface area contributed by atoms with Crippen LogP contribution in [0.5, 0.6) is 0 Å². The second-order valence-electron chi connectivity index (χ2n) is 7.84. The number of aliphatic hydroxyl groups is 1. The maximum absolute atomic E-state index is 13.2. The highest BCUT2D eigenvalue weighted by Gasteiger charge is 2.50. The molecule has 0 spiro atoms. The van der Waals surface area contributed by atoms with E-state index in [0.717, 1.165) is 11.1 Å². The van der Waals surface area contributed by atoms with Crippen LogP contribution in [0.15, 0.2) is 103 Å². The Bertz CT molecular complexity index is 1150. The van der Waals surface area contributed by atoms with E-state index in [4.69, 9.17) is 0 Å². The quantitative estimate of drug-likeness (QED) is 0.422. The lowest BCUT2D eigenvalue weighted by Crippen LogP contribution is -2.42. The van der Waals surface area contributed by atoms with Gasteiger partial charge < -0.3 is 10.0 Å². The lowest BCUT2D eigenvalue weighted by molar-refractivity contribution is -0.140. The monoisotopic (exact) mass is 423 g/mol. The van der Waals surface area contributed by atoms with Crippen molar-refractivity contribution in [3.8, 4) is 0 Å². The smallest absolute Gasteiger partial charge is 0.264 e. The zero-order valence-electron chi connectivity index (χ0n) is 17.7. The molecule has 4 rings (SSSR count). The van der Waals surface area contributed by atoms with Crippen LogP contribution >= 0.6 is 0 Å². The number of para-hydroxylation sites is 1. The summed E-state index contributed by atoms with van der Waals surface area (Å²) < 4.78 is 0. The topological polar surface area (TPSA) is 57.6 Å². The van der Waals surface area contributed by atoms with Crippen molar-refractivity contribution in [2.24, 2.45) is 0 Å². The van der Waals surface area contributed by atoms with Gasteiger partial charge in [-0.15, -0.1) is 0 Å². The Kier molecular flexibility index (Phi) is 6.43. The Labute approximate surface area is 188 Å². The number of fused-ring (bicyclic) bond motifs is 1. The summed E-state index contributed by atoms with van der Waals surface area (Å²) in [5, 5.41) is 11.3. The van der Waals surface area contributed by atoms with E-state index in [-0.39, 0.29) is 12.2 Å². The number of nitrogens with zero attached hydrogens (tertiary/aromatic N) is 1. The summed E-state index contributed by atoms with van der Waals surface area (Å²) in [5.74, 6) is -0.755. The van der Waals surface area contributed by atoms with Gasteiger partial charge in [-0.25, -0.2) is 0 Å². The maximum atomic E-state index is 13.2. The van der Waals surface area contributed by atoms with E-state index in [1.165, 1.54) is 6.08 Å². The van der Waals surface area contributed by atoms with Crippen LogP contribution in [0.2, 0.25) is 0 Å². The largest absolute Gasteiger partial charge is 0.375 e. The van der Waals surface area contributed by atoms with Crippen LogP contribution in [-0.4, -0.2) is 23.3 Å². The third-order valence-corrected chi connectivity index (χ3v) is 5.62. The molecule has 0 radical (unpaired) electrons. The zero-order chi connectivity index (χ0) is 22.4. The summed E-state index contributed by atoms with van der Waals surface area (Å²) >= 11 is 0. The SMILES string of the molecule is O=C(C=CC=Cc1ccccc1)CC1(O)C(=O)N(CCc2ccccc2)c2ccccc21. The molecule has 0 fully saturated rings. The van der Waals surface area contributed by atoms with Crippen molar-refractivity contribution < 1.29 is 14.7 Å². The van der Waals surface area contributed by atoms with Crippen molar-refractivity contribution in [2.75, 3.05) is 11.4 Å². The third kappa shape index (κ3) is 4.61. The van der Waals surface area contributed by atoms with E-state index in [9.17, 15) is 14.7 Å². The molecule has 1 aliphatic rings. The summed E-state index contributed by atoms with van der Waals surface area (Å²) in [5.41, 5.74) is 1.43. The Morgan fingerprint density at radius 1 is 0.875 bits per heavy atom. The first-order valence-electron chi connectivity index (χ1n) is 10.7. The normalized spacial score (nSPS) is 17.9. The van der Waals surface area contributed by atoms with E-state index in [1.807, 2.05) is 78.9 Å². The average molecular weight is 424 g/mol. The van der Waals surface area contributed by atoms with Crippen molar-refractivity contribution in [1.82, 2.24) is 0 Å². The molecule has 4 nitrogen and oxygen atoms in total. The van der Waals surface area contributed by atoms with Crippen molar-refractivity contribution in [1.29, 1.82) is 0 Å². The second-order valence-corrected chi connectivity index (χ2v) is 7.84. The number of carbonyl (C=O) groups excluding carboxylic acids is 2. The summed E-state index contributed by atoms with van der Waals surface area (Å²) in [4.78, 5) is 27.4. The lowest BCUT2D eigenvalue weighted by Gasteiger charge is -2.22. The molecule has 3 aromatic carbocycles. The van der Waals surface area contributed by atoms with E-state index < -0.39 is 11.5 Å². The fourth-order valence-corrected chi connectivity index (χ4v) is 3.99. The molecular weight excluding hydrogens is 398 g/mol. The predicted octanol–water partition coefficient (Wildman–Crippen LogP) is 4.69. The summed E-state index contributed by atoms with van der Waals surface area (Å²) in [6.07, 6.45) is 7.07. The van der Waals surface area contributed by atoms with Gasteiger partial charge in [0, 0.05) is 12.1 Å². The number of hydrogen-bond acceptors (Lipinski definition) is 3. The van der Waals surface area contributed by atoms with Crippen LogP contribution in [-0.2, 0) is 21.6 Å². The molecule has 1 amide bonds. The van der Waals surface area contributed by atoms with E-state index in [1.54, 1.807) is 29.2 Å². The molecule has 0 bridgehead atoms. The number of carbonyl (C=O) groups is 2. The number of rotatable bonds is 8. The van der Waals surface area contributed by atoms with Crippen LogP contribution in [0, 0.1) is 0 Å². The van der Waals surface area contributed by atoms with E-state index in [2.05, 4.69) is 0 Å². The van der Waals surface area contributed by atoms with Gasteiger partial charge in [0.1, 0.15) is 0 Å². The molecular formula is C28H25NO3. The number of allylic oxidation sites excluding steroid dienone is 3. The first-order chi connectivity index (χ1) is 15.6. The molecule has 0 aromatic heterocycles. The minimum Gasteiger partial charge on any atom is -0.375 e. The van der Waals surface area contributed by atoms with E-state index >= 15 is 0 Å².